The van der Waals surface area contributed by atoms with Gasteiger partial charge in [0.2, 0.25) is 0 Å². The Kier molecular flexibility index (Phi) is 8.65. The smallest absolute Gasteiger partial charge is 0.160 e. The Balaban J connectivity index is 1.02. The molecule has 0 aliphatic rings. The molecule has 4 heterocycles. The molecule has 62 heavy (non-hydrogen) atoms. The molecule has 0 unspecified atom stereocenters. The second kappa shape index (κ2) is 14.9. The summed E-state index contributed by atoms with van der Waals surface area (Å²) in [7, 11) is 0. The first-order valence-corrected chi connectivity index (χ1v) is 21.7. The second-order valence-corrected chi connectivity index (χ2v) is 16.7. The summed E-state index contributed by atoms with van der Waals surface area (Å²) in [5.41, 5.74) is 14.4. The molecule has 290 valence electrons. The van der Waals surface area contributed by atoms with Crippen LogP contribution >= 0.6 is 11.3 Å². The topological polar surface area (TPSA) is 43.1 Å². The van der Waals surface area contributed by atoms with Crippen molar-refractivity contribution in [1.82, 2.24) is 19.6 Å². The molecule has 0 saturated carbocycles. The molecule has 0 N–H and O–H groups in total. The van der Waals surface area contributed by atoms with E-state index in [2.05, 4.69) is 217 Å². The predicted molar refractivity (Wildman–Crippen MR) is 259 cm³/mol. The van der Waals surface area contributed by atoms with Crippen molar-refractivity contribution in [2.45, 2.75) is 0 Å². The van der Waals surface area contributed by atoms with Gasteiger partial charge < -0.3 is 0 Å². The summed E-state index contributed by atoms with van der Waals surface area (Å²) in [5, 5.41) is 10.3. The van der Waals surface area contributed by atoms with E-state index < -0.39 is 0 Å². The van der Waals surface area contributed by atoms with Gasteiger partial charge in [-0.25, -0.2) is 14.5 Å². The zero-order valence-electron chi connectivity index (χ0n) is 33.5. The molecule has 0 radical (unpaired) electrons. The van der Waals surface area contributed by atoms with Crippen molar-refractivity contribution in [2.75, 3.05) is 0 Å². The largest absolute Gasteiger partial charge is 0.231 e. The number of aromatic nitrogens is 4. The molecule has 8 aromatic carbocycles. The summed E-state index contributed by atoms with van der Waals surface area (Å²) >= 11 is 1.84. The summed E-state index contributed by atoms with van der Waals surface area (Å²) in [6, 6.07) is 77.3. The average Bonchev–Trinajstić information content (AvgIpc) is 3.94. The van der Waals surface area contributed by atoms with Crippen LogP contribution in [-0.2, 0) is 0 Å². The normalized spacial score (nSPS) is 11.5. The SMILES string of the molecule is c1ccc(-c2cc(-c3cccc(-c4ccc5sc6ccccc6c5c4)c3)nc(-c3cccc(-c4cc5ccccc5c5c(-c6ccccc6)c(-c6ccccc6)nn45)c3)n2)cc1. The molecule has 0 atom stereocenters. The van der Waals surface area contributed by atoms with E-state index in [0.29, 0.717) is 5.82 Å². The minimum absolute atomic E-state index is 0.659. The van der Waals surface area contributed by atoms with E-state index in [1.54, 1.807) is 0 Å². The first-order valence-electron chi connectivity index (χ1n) is 20.8. The van der Waals surface area contributed by atoms with Gasteiger partial charge in [-0.2, -0.15) is 5.10 Å². The fraction of sp³-hybridized carbons (Fsp3) is 0. The highest BCUT2D eigenvalue weighted by Crippen LogP contribution is 2.42. The van der Waals surface area contributed by atoms with Gasteiger partial charge >= 0.3 is 0 Å². The van der Waals surface area contributed by atoms with Crippen LogP contribution in [0, 0.1) is 0 Å². The molecule has 0 aliphatic carbocycles. The van der Waals surface area contributed by atoms with Crippen LogP contribution in [0.3, 0.4) is 0 Å². The van der Waals surface area contributed by atoms with Crippen LogP contribution in [0.5, 0.6) is 0 Å². The molecule has 0 aliphatic heterocycles. The van der Waals surface area contributed by atoms with Gasteiger partial charge in [-0.15, -0.1) is 11.3 Å². The lowest BCUT2D eigenvalue weighted by atomic mass is 9.96. The molecule has 0 amide bonds. The molecule has 5 heteroatoms. The third-order valence-corrected chi connectivity index (χ3v) is 13.0. The Labute approximate surface area is 362 Å². The predicted octanol–water partition coefficient (Wildman–Crippen LogP) is 15.3. The number of thiophene rings is 1. The van der Waals surface area contributed by atoms with Crippen LogP contribution in [0.2, 0.25) is 0 Å². The summed E-state index contributed by atoms with van der Waals surface area (Å²) < 4.78 is 4.75. The Morgan fingerprint density at radius 2 is 0.919 bits per heavy atom. The van der Waals surface area contributed by atoms with E-state index in [-0.39, 0.29) is 0 Å². The van der Waals surface area contributed by atoms with Crippen LogP contribution in [0.1, 0.15) is 0 Å². The van der Waals surface area contributed by atoms with Crippen molar-refractivity contribution >= 4 is 47.8 Å². The van der Waals surface area contributed by atoms with Gasteiger partial charge in [0.25, 0.3) is 0 Å². The van der Waals surface area contributed by atoms with Gasteiger partial charge in [0.15, 0.2) is 5.82 Å². The van der Waals surface area contributed by atoms with Crippen molar-refractivity contribution in [3.8, 4) is 78.7 Å². The molecule has 0 bridgehead atoms. The lowest BCUT2D eigenvalue weighted by Crippen LogP contribution is -1.98. The molecule has 0 saturated heterocycles. The van der Waals surface area contributed by atoms with E-state index in [1.165, 1.54) is 25.7 Å². The Morgan fingerprint density at radius 3 is 1.71 bits per heavy atom. The van der Waals surface area contributed by atoms with E-state index in [1.807, 2.05) is 17.4 Å². The third-order valence-electron chi connectivity index (χ3n) is 11.8. The molecule has 0 spiro atoms. The van der Waals surface area contributed by atoms with E-state index in [9.17, 15) is 0 Å². The maximum Gasteiger partial charge on any atom is 0.160 e. The van der Waals surface area contributed by atoms with Crippen LogP contribution in [0.25, 0.3) is 115 Å². The first-order chi connectivity index (χ1) is 30.7. The maximum atomic E-state index is 5.44. The lowest BCUT2D eigenvalue weighted by molar-refractivity contribution is 0.979. The first kappa shape index (κ1) is 35.9. The number of benzene rings is 8. The number of hydrogen-bond acceptors (Lipinski definition) is 4. The number of hydrogen-bond donors (Lipinski definition) is 0. The van der Waals surface area contributed by atoms with Crippen LogP contribution in [-0.4, -0.2) is 19.6 Å². The number of rotatable bonds is 7. The minimum atomic E-state index is 0.659. The van der Waals surface area contributed by atoms with Gasteiger partial charge in [0, 0.05) is 58.9 Å². The van der Waals surface area contributed by atoms with Gasteiger partial charge in [0.1, 0.15) is 5.69 Å². The highest BCUT2D eigenvalue weighted by Gasteiger charge is 2.22. The Bertz CT molecular complexity index is 3630. The molecule has 12 aromatic rings. The van der Waals surface area contributed by atoms with Crippen LogP contribution in [0.4, 0.5) is 0 Å². The monoisotopic (exact) mass is 808 g/mol. The fourth-order valence-corrected chi connectivity index (χ4v) is 9.92. The summed E-state index contributed by atoms with van der Waals surface area (Å²) in [6.07, 6.45) is 0. The lowest BCUT2D eigenvalue weighted by Gasteiger charge is -2.13. The molecular formula is C57H36N4S. The molecule has 0 fully saturated rings. The van der Waals surface area contributed by atoms with E-state index in [4.69, 9.17) is 15.1 Å². The van der Waals surface area contributed by atoms with Gasteiger partial charge in [-0.1, -0.05) is 176 Å². The molecular weight excluding hydrogens is 773 g/mol. The molecule has 4 aromatic heterocycles. The average molecular weight is 809 g/mol. The zero-order valence-corrected chi connectivity index (χ0v) is 34.3. The maximum absolute atomic E-state index is 5.44. The highest BCUT2D eigenvalue weighted by molar-refractivity contribution is 7.25. The highest BCUT2D eigenvalue weighted by atomic mass is 32.1. The number of fused-ring (bicyclic) bond motifs is 6. The summed E-state index contributed by atoms with van der Waals surface area (Å²) in [6.45, 7) is 0. The fourth-order valence-electron chi connectivity index (χ4n) is 8.83. The van der Waals surface area contributed by atoms with E-state index in [0.717, 1.165) is 83.6 Å². The van der Waals surface area contributed by atoms with Crippen molar-refractivity contribution in [2.24, 2.45) is 0 Å². The van der Waals surface area contributed by atoms with Crippen molar-refractivity contribution < 1.29 is 0 Å². The van der Waals surface area contributed by atoms with Crippen molar-refractivity contribution in [3.63, 3.8) is 0 Å². The Morgan fingerprint density at radius 1 is 0.355 bits per heavy atom. The molecule has 4 nitrogen and oxygen atoms in total. The standard InChI is InChI=1S/C57H36N4S/c1-4-16-37(17-5-1)49-36-50(43-24-14-23-40(32-43)41-30-31-53-48(34-41)47-28-12-13-29-52(47)62-53)59-57(58-49)45-26-15-25-44(33-45)51-35-42-22-10-11-27-46(42)56-54(38-18-6-2-7-19-38)55(60-61(51)56)39-20-8-3-9-21-39/h1-36H. The van der Waals surface area contributed by atoms with Crippen molar-refractivity contribution in [3.05, 3.63) is 218 Å². The zero-order chi connectivity index (χ0) is 41.0. The quantitative estimate of drug-likeness (QED) is 0.161. The second-order valence-electron chi connectivity index (χ2n) is 15.6. The van der Waals surface area contributed by atoms with Crippen molar-refractivity contribution in [1.29, 1.82) is 0 Å². The molecule has 12 rings (SSSR count). The summed E-state index contributed by atoms with van der Waals surface area (Å²) in [5.74, 6) is 0.659. The van der Waals surface area contributed by atoms with Gasteiger partial charge in [0.05, 0.1) is 22.6 Å². The minimum Gasteiger partial charge on any atom is -0.231 e. The van der Waals surface area contributed by atoms with Gasteiger partial charge in [-0.3, -0.25) is 0 Å². The summed E-state index contributed by atoms with van der Waals surface area (Å²) in [4.78, 5) is 10.6. The van der Waals surface area contributed by atoms with E-state index >= 15 is 0 Å². The van der Waals surface area contributed by atoms with Gasteiger partial charge in [-0.05, 0) is 64.5 Å². The third kappa shape index (κ3) is 6.26. The number of pyridine rings is 1. The number of nitrogens with zero attached hydrogens (tertiary/aromatic N) is 4. The van der Waals surface area contributed by atoms with Crippen LogP contribution in [0.15, 0.2) is 218 Å². The Hall–Kier alpha value is -7.99. The van der Waals surface area contributed by atoms with Crippen LogP contribution < -0.4 is 0 Å².